The first-order chi connectivity index (χ1) is 9.97. The second-order valence-electron chi connectivity index (χ2n) is 5.00. The Kier molecular flexibility index (Phi) is 4.73. The summed E-state index contributed by atoms with van der Waals surface area (Å²) in [4.78, 5) is 12.2. The predicted molar refractivity (Wildman–Crippen MR) is 86.1 cm³/mol. The number of benzene rings is 1. The minimum Gasteiger partial charge on any atom is -0.492 e. The number of Topliss-reactive ketones (excluding diaryl/α,β-unsaturated/α-hetero) is 1. The molecule has 3 nitrogen and oxygen atoms in total. The van der Waals surface area contributed by atoms with E-state index >= 15 is 0 Å². The molecule has 0 N–H and O–H groups in total. The van der Waals surface area contributed by atoms with Gasteiger partial charge in [-0.3, -0.25) is 4.79 Å². The van der Waals surface area contributed by atoms with E-state index in [9.17, 15) is 4.79 Å². The molecule has 21 heavy (non-hydrogen) atoms. The second-order valence-corrected chi connectivity index (χ2v) is 5.66. The summed E-state index contributed by atoms with van der Waals surface area (Å²) in [6.45, 7) is 8.16. The fourth-order valence-electron chi connectivity index (χ4n) is 2.52. The summed E-state index contributed by atoms with van der Waals surface area (Å²) in [5.74, 6) is 0.754. The van der Waals surface area contributed by atoms with Crippen molar-refractivity contribution < 1.29 is 9.53 Å². The van der Waals surface area contributed by atoms with E-state index in [1.54, 1.807) is 6.92 Å². The summed E-state index contributed by atoms with van der Waals surface area (Å²) in [5, 5.41) is -0.527. The highest BCUT2D eigenvalue weighted by Crippen LogP contribution is 2.29. The van der Waals surface area contributed by atoms with Gasteiger partial charge in [0.2, 0.25) is 0 Å². The molecule has 0 aliphatic heterocycles. The number of hydrogen-bond donors (Lipinski definition) is 0. The number of ether oxygens (including phenoxy) is 1. The summed E-state index contributed by atoms with van der Waals surface area (Å²) in [7, 11) is 0. The van der Waals surface area contributed by atoms with Crippen LogP contribution in [0.2, 0.25) is 0 Å². The summed E-state index contributed by atoms with van der Waals surface area (Å²) in [5.41, 5.74) is 3.48. The minimum absolute atomic E-state index is 0.0510. The van der Waals surface area contributed by atoms with Gasteiger partial charge in [-0.1, -0.05) is 12.1 Å². The topological polar surface area (TPSA) is 31.2 Å². The highest BCUT2D eigenvalue weighted by molar-refractivity contribution is 6.33. The van der Waals surface area contributed by atoms with Crippen LogP contribution in [-0.4, -0.2) is 22.3 Å². The molecule has 0 amide bonds. The zero-order valence-corrected chi connectivity index (χ0v) is 13.6. The lowest BCUT2D eigenvalue weighted by Gasteiger charge is -2.15. The van der Waals surface area contributed by atoms with Gasteiger partial charge in [0.05, 0.1) is 17.7 Å². The Morgan fingerprint density at radius 3 is 2.62 bits per heavy atom. The van der Waals surface area contributed by atoms with Crippen molar-refractivity contribution in [3.05, 3.63) is 47.3 Å². The van der Waals surface area contributed by atoms with Crippen LogP contribution in [-0.2, 0) is 0 Å². The molecular weight excluding hydrogens is 286 g/mol. The van der Waals surface area contributed by atoms with Crippen LogP contribution >= 0.6 is 11.6 Å². The number of nitrogens with zero attached hydrogens (tertiary/aromatic N) is 1. The first kappa shape index (κ1) is 15.6. The molecular formula is C17H20ClNO2. The number of rotatable bonds is 5. The van der Waals surface area contributed by atoms with Crippen molar-refractivity contribution in [2.45, 2.75) is 33.1 Å². The summed E-state index contributed by atoms with van der Waals surface area (Å²) in [6.07, 6.45) is 0. The zero-order chi connectivity index (χ0) is 15.6. The Bertz CT molecular complexity index is 659. The highest BCUT2D eigenvalue weighted by Gasteiger charge is 2.21. The van der Waals surface area contributed by atoms with E-state index in [0.29, 0.717) is 12.2 Å². The summed E-state index contributed by atoms with van der Waals surface area (Å²) < 4.78 is 7.73. The van der Waals surface area contributed by atoms with Crippen LogP contribution in [0.3, 0.4) is 0 Å². The van der Waals surface area contributed by atoms with Crippen LogP contribution in [0.15, 0.2) is 30.3 Å². The number of hydrogen-bond acceptors (Lipinski definition) is 2. The highest BCUT2D eigenvalue weighted by atomic mass is 35.5. The van der Waals surface area contributed by atoms with E-state index in [0.717, 1.165) is 22.8 Å². The molecule has 1 unspecified atom stereocenters. The van der Waals surface area contributed by atoms with Crippen molar-refractivity contribution in [1.82, 2.24) is 4.57 Å². The van der Waals surface area contributed by atoms with E-state index in [-0.39, 0.29) is 5.78 Å². The fourth-order valence-corrected chi connectivity index (χ4v) is 2.63. The molecule has 4 heteroatoms. The standard InChI is InChI=1S/C17H20ClNO2/c1-5-21-16-9-7-6-8-15(16)19-11(2)10-14(13(19)4)17(20)12(3)18/h6-10,12H,5H2,1-4H3. The van der Waals surface area contributed by atoms with Crippen molar-refractivity contribution in [1.29, 1.82) is 0 Å². The molecule has 1 aromatic carbocycles. The quantitative estimate of drug-likeness (QED) is 0.609. The van der Waals surface area contributed by atoms with Gasteiger partial charge >= 0.3 is 0 Å². The maximum Gasteiger partial charge on any atom is 0.182 e. The number of para-hydroxylation sites is 2. The van der Waals surface area contributed by atoms with E-state index in [1.807, 2.05) is 55.7 Å². The number of ketones is 1. The molecule has 2 rings (SSSR count). The molecule has 2 aromatic rings. The predicted octanol–water partition coefficient (Wildman–Crippen LogP) is 4.30. The molecule has 0 radical (unpaired) electrons. The van der Waals surface area contributed by atoms with Crippen LogP contribution in [0.1, 0.15) is 35.6 Å². The average molecular weight is 306 g/mol. The van der Waals surface area contributed by atoms with Gasteiger partial charge in [0, 0.05) is 17.0 Å². The van der Waals surface area contributed by atoms with Crippen LogP contribution in [0.25, 0.3) is 5.69 Å². The second kappa shape index (κ2) is 6.35. The Labute approximate surface area is 130 Å². The number of carbonyl (C=O) groups is 1. The van der Waals surface area contributed by atoms with E-state index in [2.05, 4.69) is 0 Å². The van der Waals surface area contributed by atoms with Gasteiger partial charge in [0.25, 0.3) is 0 Å². The van der Waals surface area contributed by atoms with Gasteiger partial charge < -0.3 is 9.30 Å². The normalized spacial score (nSPS) is 12.2. The van der Waals surface area contributed by atoms with Crippen molar-refractivity contribution in [3.63, 3.8) is 0 Å². The molecule has 0 saturated carbocycles. The minimum atomic E-state index is -0.527. The lowest BCUT2D eigenvalue weighted by Crippen LogP contribution is -2.12. The molecule has 0 saturated heterocycles. The number of carbonyl (C=O) groups excluding carboxylic acids is 1. The van der Waals surface area contributed by atoms with Crippen molar-refractivity contribution >= 4 is 17.4 Å². The molecule has 1 aromatic heterocycles. The Hall–Kier alpha value is -1.74. The third-order valence-electron chi connectivity index (χ3n) is 3.46. The number of aryl methyl sites for hydroxylation is 1. The van der Waals surface area contributed by atoms with Gasteiger partial charge in [-0.25, -0.2) is 0 Å². The number of aromatic nitrogens is 1. The van der Waals surface area contributed by atoms with Crippen molar-refractivity contribution in [3.8, 4) is 11.4 Å². The summed E-state index contributed by atoms with van der Waals surface area (Å²) in [6, 6.07) is 9.71. The number of halogens is 1. The first-order valence-electron chi connectivity index (χ1n) is 7.06. The molecule has 0 fully saturated rings. The smallest absolute Gasteiger partial charge is 0.182 e. The van der Waals surface area contributed by atoms with Gasteiger partial charge in [-0.2, -0.15) is 0 Å². The van der Waals surface area contributed by atoms with Gasteiger partial charge in [-0.05, 0) is 45.9 Å². The van der Waals surface area contributed by atoms with Gasteiger partial charge in [-0.15, -0.1) is 11.6 Å². The molecule has 112 valence electrons. The maximum atomic E-state index is 12.2. The number of alkyl halides is 1. The fraction of sp³-hybridized carbons (Fsp3) is 0.353. The molecule has 0 aliphatic rings. The largest absolute Gasteiger partial charge is 0.492 e. The molecule has 1 heterocycles. The lowest BCUT2D eigenvalue weighted by atomic mass is 10.1. The molecule has 0 aliphatic carbocycles. The van der Waals surface area contributed by atoms with Crippen LogP contribution in [0.5, 0.6) is 5.75 Å². The third kappa shape index (κ3) is 2.98. The van der Waals surface area contributed by atoms with E-state index < -0.39 is 5.38 Å². The van der Waals surface area contributed by atoms with Crippen molar-refractivity contribution in [2.24, 2.45) is 0 Å². The Morgan fingerprint density at radius 2 is 2.00 bits per heavy atom. The van der Waals surface area contributed by atoms with Gasteiger partial charge in [0.15, 0.2) is 5.78 Å². The molecule has 1 atom stereocenters. The molecule has 0 spiro atoms. The zero-order valence-electron chi connectivity index (χ0n) is 12.8. The summed E-state index contributed by atoms with van der Waals surface area (Å²) >= 11 is 5.94. The SMILES string of the molecule is CCOc1ccccc1-n1c(C)cc(C(=O)C(C)Cl)c1C. The van der Waals surface area contributed by atoms with Crippen LogP contribution in [0.4, 0.5) is 0 Å². The lowest BCUT2D eigenvalue weighted by molar-refractivity contribution is 0.0991. The Balaban J connectivity index is 2.58. The van der Waals surface area contributed by atoms with Crippen molar-refractivity contribution in [2.75, 3.05) is 6.61 Å². The van der Waals surface area contributed by atoms with Gasteiger partial charge in [0.1, 0.15) is 5.75 Å². The third-order valence-corrected chi connectivity index (χ3v) is 3.66. The maximum absolute atomic E-state index is 12.2. The monoisotopic (exact) mass is 305 g/mol. The van der Waals surface area contributed by atoms with E-state index in [4.69, 9.17) is 16.3 Å². The first-order valence-corrected chi connectivity index (χ1v) is 7.50. The average Bonchev–Trinajstić information content (AvgIpc) is 2.74. The van der Waals surface area contributed by atoms with E-state index in [1.165, 1.54) is 0 Å². The van der Waals surface area contributed by atoms with Crippen LogP contribution in [0, 0.1) is 13.8 Å². The van der Waals surface area contributed by atoms with Crippen LogP contribution < -0.4 is 4.74 Å². The molecule has 0 bridgehead atoms. The Morgan fingerprint density at radius 1 is 1.33 bits per heavy atom.